The number of ether oxygens (including phenoxy) is 1. The number of alkyl halides is 3. The zero-order valence-corrected chi connectivity index (χ0v) is 18.5. The largest absolute Gasteiger partial charge is 0.497 e. The maximum absolute atomic E-state index is 10.6. The van der Waals surface area contributed by atoms with Crippen molar-refractivity contribution in [3.8, 4) is 5.75 Å². The molecule has 1 aliphatic rings. The number of rotatable bonds is 6. The molecule has 1 heterocycles. The van der Waals surface area contributed by atoms with E-state index in [9.17, 15) is 13.2 Å². The molecule has 0 saturated carbocycles. The van der Waals surface area contributed by atoms with Gasteiger partial charge in [-0.15, -0.1) is 0 Å². The van der Waals surface area contributed by atoms with Crippen LogP contribution in [0.3, 0.4) is 0 Å². The number of carboxylic acids is 1. The van der Waals surface area contributed by atoms with Crippen LogP contribution in [0.15, 0.2) is 89.9 Å². The Bertz CT molecular complexity index is 1090. The fraction of sp³-hybridized carbons (Fsp3) is 0.231. The molecular formula is C26H25F3N2O3. The van der Waals surface area contributed by atoms with Gasteiger partial charge in [-0.25, -0.2) is 4.79 Å². The van der Waals surface area contributed by atoms with Crippen molar-refractivity contribution in [1.29, 1.82) is 0 Å². The van der Waals surface area contributed by atoms with Gasteiger partial charge in [-0.3, -0.25) is 4.99 Å². The molecule has 0 aliphatic carbocycles. The molecule has 0 saturated heterocycles. The Kier molecular flexibility index (Phi) is 8.29. The van der Waals surface area contributed by atoms with Crippen LogP contribution in [0.1, 0.15) is 35.2 Å². The van der Waals surface area contributed by atoms with E-state index in [1.807, 2.05) is 12.1 Å². The number of hydrogen-bond acceptors (Lipinski definition) is 4. The average Bonchev–Trinajstić information content (AvgIpc) is 3.28. The molecule has 5 nitrogen and oxygen atoms in total. The maximum Gasteiger partial charge on any atom is 0.490 e. The van der Waals surface area contributed by atoms with E-state index in [-0.39, 0.29) is 12.1 Å². The summed E-state index contributed by atoms with van der Waals surface area (Å²) in [5.41, 5.74) is 3.81. The summed E-state index contributed by atoms with van der Waals surface area (Å²) in [6, 6.07) is 29.7. The number of aliphatic imine (C=N–C) groups is 1. The molecule has 3 aromatic rings. The predicted octanol–water partition coefficient (Wildman–Crippen LogP) is 5.75. The lowest BCUT2D eigenvalue weighted by atomic mass is 9.95. The Morgan fingerprint density at radius 1 is 0.912 bits per heavy atom. The average molecular weight is 470 g/mol. The van der Waals surface area contributed by atoms with Crippen molar-refractivity contribution in [2.24, 2.45) is 4.99 Å². The van der Waals surface area contributed by atoms with Gasteiger partial charge in [0.05, 0.1) is 19.0 Å². The SMILES string of the molecule is COc1ccc(CCC2=N[C@H](c3ccccc3)[C@H](c3ccccc3)N2)cc1.O=C(O)C(F)(F)F. The molecule has 1 aliphatic heterocycles. The molecule has 0 radical (unpaired) electrons. The smallest absolute Gasteiger partial charge is 0.490 e. The van der Waals surface area contributed by atoms with Crippen LogP contribution in [0.5, 0.6) is 5.75 Å². The number of carbonyl (C=O) groups is 1. The zero-order chi connectivity index (χ0) is 24.6. The van der Waals surface area contributed by atoms with Gasteiger partial charge in [-0.05, 0) is 35.2 Å². The topological polar surface area (TPSA) is 70.9 Å². The molecule has 2 atom stereocenters. The Morgan fingerprint density at radius 3 is 1.94 bits per heavy atom. The number of halogens is 3. The van der Waals surface area contributed by atoms with Crippen molar-refractivity contribution in [3.63, 3.8) is 0 Å². The standard InChI is InChI=1S/C24H24N2O.C2HF3O2/c1-27-21-15-12-18(13-16-21)14-17-22-25-23(19-8-4-2-5-9-19)24(26-22)20-10-6-3-7-11-20;3-2(4,5)1(6)7/h2-13,15-16,23-24H,14,17H2,1H3,(H,25,26);(H,6,7)/t23-,24+;. The summed E-state index contributed by atoms with van der Waals surface area (Å²) in [7, 11) is 1.69. The summed E-state index contributed by atoms with van der Waals surface area (Å²) < 4.78 is 37.0. The lowest BCUT2D eigenvalue weighted by molar-refractivity contribution is -0.192. The first-order valence-electron chi connectivity index (χ1n) is 10.6. The minimum atomic E-state index is -5.08. The third kappa shape index (κ3) is 6.84. The van der Waals surface area contributed by atoms with Crippen molar-refractivity contribution < 1.29 is 27.8 Å². The number of benzene rings is 3. The van der Waals surface area contributed by atoms with E-state index in [4.69, 9.17) is 19.6 Å². The molecule has 2 N–H and O–H groups in total. The first-order chi connectivity index (χ1) is 16.3. The fourth-order valence-electron chi connectivity index (χ4n) is 3.57. The normalized spacial score (nSPS) is 17.1. The number of nitrogens with zero attached hydrogens (tertiary/aromatic N) is 1. The number of amidine groups is 1. The highest BCUT2D eigenvalue weighted by Gasteiger charge is 2.38. The molecule has 4 rings (SSSR count). The highest BCUT2D eigenvalue weighted by molar-refractivity contribution is 5.85. The lowest BCUT2D eigenvalue weighted by Gasteiger charge is -2.19. The van der Waals surface area contributed by atoms with E-state index in [1.54, 1.807) is 7.11 Å². The monoisotopic (exact) mass is 470 g/mol. The number of aliphatic carboxylic acids is 1. The third-order valence-electron chi connectivity index (χ3n) is 5.28. The number of nitrogens with one attached hydrogen (secondary N) is 1. The summed E-state index contributed by atoms with van der Waals surface area (Å²) in [6.07, 6.45) is -3.22. The molecule has 34 heavy (non-hydrogen) atoms. The van der Waals surface area contributed by atoms with Gasteiger partial charge in [0.15, 0.2) is 0 Å². The second kappa shape index (κ2) is 11.4. The van der Waals surface area contributed by atoms with Gasteiger partial charge < -0.3 is 15.2 Å². The van der Waals surface area contributed by atoms with Crippen molar-refractivity contribution in [3.05, 3.63) is 102 Å². The maximum atomic E-state index is 10.6. The van der Waals surface area contributed by atoms with Crippen LogP contribution in [-0.4, -0.2) is 30.2 Å². The summed E-state index contributed by atoms with van der Waals surface area (Å²) in [5.74, 6) is -0.788. The molecule has 8 heteroatoms. The summed E-state index contributed by atoms with van der Waals surface area (Å²) >= 11 is 0. The highest BCUT2D eigenvalue weighted by atomic mass is 19.4. The fourth-order valence-corrected chi connectivity index (χ4v) is 3.57. The third-order valence-corrected chi connectivity index (χ3v) is 5.28. The zero-order valence-electron chi connectivity index (χ0n) is 18.5. The minimum Gasteiger partial charge on any atom is -0.497 e. The van der Waals surface area contributed by atoms with E-state index in [0.717, 1.165) is 24.4 Å². The molecular weight excluding hydrogens is 445 g/mol. The van der Waals surface area contributed by atoms with Gasteiger partial charge in [-0.2, -0.15) is 13.2 Å². The van der Waals surface area contributed by atoms with Gasteiger partial charge in [0.1, 0.15) is 11.8 Å². The van der Waals surface area contributed by atoms with E-state index >= 15 is 0 Å². The molecule has 178 valence electrons. The van der Waals surface area contributed by atoms with Crippen LogP contribution in [0.2, 0.25) is 0 Å². The highest BCUT2D eigenvalue weighted by Crippen LogP contribution is 2.36. The lowest BCUT2D eigenvalue weighted by Crippen LogP contribution is -2.24. The van der Waals surface area contributed by atoms with Gasteiger partial charge in [0.25, 0.3) is 0 Å². The Balaban J connectivity index is 0.000000406. The van der Waals surface area contributed by atoms with Gasteiger partial charge in [0, 0.05) is 6.42 Å². The van der Waals surface area contributed by atoms with Crippen LogP contribution >= 0.6 is 0 Å². The molecule has 0 aromatic heterocycles. The van der Waals surface area contributed by atoms with Crippen LogP contribution in [-0.2, 0) is 11.2 Å². The number of hydrogen-bond donors (Lipinski definition) is 2. The molecule has 0 amide bonds. The van der Waals surface area contributed by atoms with E-state index < -0.39 is 12.1 Å². The molecule has 0 spiro atoms. The van der Waals surface area contributed by atoms with Crippen LogP contribution in [0.25, 0.3) is 0 Å². The van der Waals surface area contributed by atoms with Gasteiger partial charge in [0.2, 0.25) is 0 Å². The molecule has 0 unspecified atom stereocenters. The van der Waals surface area contributed by atoms with E-state index in [0.29, 0.717) is 0 Å². The second-order valence-electron chi connectivity index (χ2n) is 7.61. The number of carboxylic acid groups (broad SMARTS) is 1. The van der Waals surface area contributed by atoms with Crippen molar-refractivity contribution >= 4 is 11.8 Å². The van der Waals surface area contributed by atoms with Crippen molar-refractivity contribution in [2.45, 2.75) is 31.1 Å². The molecule has 3 aromatic carbocycles. The number of methoxy groups -OCH3 is 1. The second-order valence-corrected chi connectivity index (χ2v) is 7.61. The van der Waals surface area contributed by atoms with Gasteiger partial charge in [-0.1, -0.05) is 72.8 Å². The van der Waals surface area contributed by atoms with Crippen LogP contribution in [0.4, 0.5) is 13.2 Å². The van der Waals surface area contributed by atoms with E-state index in [2.05, 4.69) is 78.1 Å². The minimum absolute atomic E-state index is 0.111. The first-order valence-corrected chi connectivity index (χ1v) is 10.6. The van der Waals surface area contributed by atoms with Crippen LogP contribution < -0.4 is 10.1 Å². The van der Waals surface area contributed by atoms with Crippen molar-refractivity contribution in [1.82, 2.24) is 5.32 Å². The summed E-state index contributed by atoms with van der Waals surface area (Å²) in [5, 5.41) is 10.8. The van der Waals surface area contributed by atoms with Gasteiger partial charge >= 0.3 is 12.1 Å². The summed E-state index contributed by atoms with van der Waals surface area (Å²) in [4.78, 5) is 13.9. The van der Waals surface area contributed by atoms with E-state index in [1.165, 1.54) is 16.7 Å². The Hall–Kier alpha value is -3.81. The van der Waals surface area contributed by atoms with Crippen molar-refractivity contribution in [2.75, 3.05) is 7.11 Å². The molecule has 0 bridgehead atoms. The quantitative estimate of drug-likeness (QED) is 0.482. The number of aryl methyl sites for hydroxylation is 1. The Labute approximate surface area is 195 Å². The Morgan fingerprint density at radius 2 is 1.44 bits per heavy atom. The predicted molar refractivity (Wildman–Crippen MR) is 124 cm³/mol. The summed E-state index contributed by atoms with van der Waals surface area (Å²) in [6.45, 7) is 0. The first kappa shape index (κ1) is 24.8. The molecule has 0 fully saturated rings. The van der Waals surface area contributed by atoms with Crippen LogP contribution in [0, 0.1) is 0 Å².